The number of rotatable bonds is 7. The quantitative estimate of drug-likeness (QED) is 0.684. The van der Waals surface area contributed by atoms with E-state index >= 15 is 0 Å². The molecule has 0 aromatic heterocycles. The second-order valence-corrected chi connectivity index (χ2v) is 5.36. The molecule has 0 bridgehead atoms. The van der Waals surface area contributed by atoms with Gasteiger partial charge in [0.25, 0.3) is 0 Å². The fourth-order valence-corrected chi connectivity index (χ4v) is 2.26. The van der Waals surface area contributed by atoms with Crippen LogP contribution in [-0.2, 0) is 17.6 Å². The van der Waals surface area contributed by atoms with Crippen molar-refractivity contribution < 1.29 is 9.90 Å². The summed E-state index contributed by atoms with van der Waals surface area (Å²) in [4.78, 5) is 11.9. The highest BCUT2D eigenvalue weighted by Gasteiger charge is 2.13. The number of hydrogen-bond donors (Lipinski definition) is 3. The van der Waals surface area contributed by atoms with Crippen LogP contribution in [0.5, 0.6) is 5.75 Å². The van der Waals surface area contributed by atoms with Crippen LogP contribution in [0.2, 0.25) is 0 Å². The molecule has 1 amide bonds. The van der Waals surface area contributed by atoms with E-state index in [2.05, 4.69) is 17.4 Å². The van der Waals surface area contributed by atoms with Crippen LogP contribution in [0.25, 0.3) is 0 Å². The zero-order chi connectivity index (χ0) is 15.8. The van der Waals surface area contributed by atoms with Gasteiger partial charge in [-0.1, -0.05) is 42.5 Å². The minimum absolute atomic E-state index is 0.138. The number of aromatic hydroxyl groups is 1. The Balaban J connectivity index is 1.69. The molecule has 0 aliphatic carbocycles. The monoisotopic (exact) mass is 298 g/mol. The van der Waals surface area contributed by atoms with E-state index in [1.807, 2.05) is 18.2 Å². The highest BCUT2D eigenvalue weighted by atomic mass is 16.3. The molecule has 4 nitrogen and oxygen atoms in total. The Morgan fingerprint density at radius 2 is 1.73 bits per heavy atom. The van der Waals surface area contributed by atoms with Gasteiger partial charge in [0, 0.05) is 6.54 Å². The van der Waals surface area contributed by atoms with E-state index in [-0.39, 0.29) is 11.7 Å². The minimum atomic E-state index is -0.568. The molecule has 0 radical (unpaired) electrons. The summed E-state index contributed by atoms with van der Waals surface area (Å²) in [6.45, 7) is 0.622. The number of carbonyl (C=O) groups excluding carboxylic acids is 1. The van der Waals surface area contributed by atoms with Gasteiger partial charge in [0.15, 0.2) is 0 Å². The van der Waals surface area contributed by atoms with E-state index in [0.717, 1.165) is 18.4 Å². The molecule has 0 heterocycles. The van der Waals surface area contributed by atoms with Crippen LogP contribution in [0.3, 0.4) is 0 Å². The van der Waals surface area contributed by atoms with Gasteiger partial charge in [0.05, 0.1) is 6.04 Å². The van der Waals surface area contributed by atoms with Gasteiger partial charge in [-0.3, -0.25) is 4.79 Å². The zero-order valence-electron chi connectivity index (χ0n) is 12.5. The molecule has 4 N–H and O–H groups in total. The van der Waals surface area contributed by atoms with Gasteiger partial charge in [0.1, 0.15) is 5.75 Å². The predicted octanol–water partition coefficient (Wildman–Crippen LogP) is 2.01. The van der Waals surface area contributed by atoms with Gasteiger partial charge in [0.2, 0.25) is 5.91 Å². The molecule has 0 aliphatic rings. The Morgan fingerprint density at radius 1 is 1.05 bits per heavy atom. The maximum absolute atomic E-state index is 11.9. The molecule has 0 saturated heterocycles. The van der Waals surface area contributed by atoms with Crippen LogP contribution in [0, 0.1) is 0 Å². The first-order valence-corrected chi connectivity index (χ1v) is 7.50. The van der Waals surface area contributed by atoms with E-state index < -0.39 is 6.04 Å². The van der Waals surface area contributed by atoms with Crippen molar-refractivity contribution in [3.63, 3.8) is 0 Å². The number of nitrogens with two attached hydrogens (primary N) is 1. The number of amides is 1. The summed E-state index contributed by atoms with van der Waals surface area (Å²) in [7, 11) is 0. The topological polar surface area (TPSA) is 75.3 Å². The second-order valence-electron chi connectivity index (χ2n) is 5.36. The first-order valence-electron chi connectivity index (χ1n) is 7.50. The average molecular weight is 298 g/mol. The highest BCUT2D eigenvalue weighted by Crippen LogP contribution is 2.10. The number of hydrogen-bond acceptors (Lipinski definition) is 3. The van der Waals surface area contributed by atoms with Crippen LogP contribution < -0.4 is 11.1 Å². The molecule has 1 atom stereocenters. The summed E-state index contributed by atoms with van der Waals surface area (Å²) in [5.41, 5.74) is 8.11. The second kappa shape index (κ2) is 8.20. The smallest absolute Gasteiger partial charge is 0.237 e. The van der Waals surface area contributed by atoms with E-state index in [1.54, 1.807) is 24.3 Å². The molecule has 116 valence electrons. The van der Waals surface area contributed by atoms with Crippen molar-refractivity contribution in [2.45, 2.75) is 25.3 Å². The Bertz CT molecular complexity index is 582. The Morgan fingerprint density at radius 3 is 2.41 bits per heavy atom. The normalized spacial score (nSPS) is 11.9. The minimum Gasteiger partial charge on any atom is -0.508 e. The third-order valence-corrected chi connectivity index (χ3v) is 3.51. The number of phenols is 1. The van der Waals surface area contributed by atoms with Crippen molar-refractivity contribution in [2.75, 3.05) is 6.54 Å². The molecule has 0 aliphatic heterocycles. The Kier molecular flexibility index (Phi) is 5.98. The number of carbonyl (C=O) groups is 1. The van der Waals surface area contributed by atoms with E-state index in [9.17, 15) is 9.90 Å². The summed E-state index contributed by atoms with van der Waals surface area (Å²) in [6.07, 6.45) is 2.29. The van der Waals surface area contributed by atoms with Gasteiger partial charge in [-0.25, -0.2) is 0 Å². The van der Waals surface area contributed by atoms with Crippen molar-refractivity contribution in [1.29, 1.82) is 0 Å². The fraction of sp³-hybridized carbons (Fsp3) is 0.278. The molecule has 2 rings (SSSR count). The number of aryl methyl sites for hydroxylation is 1. The lowest BCUT2D eigenvalue weighted by molar-refractivity contribution is -0.122. The molecular formula is C18H22N2O2. The van der Waals surface area contributed by atoms with Crippen LogP contribution >= 0.6 is 0 Å². The third-order valence-electron chi connectivity index (χ3n) is 3.51. The molecule has 0 saturated carbocycles. The highest BCUT2D eigenvalue weighted by molar-refractivity contribution is 5.81. The first kappa shape index (κ1) is 16.0. The van der Waals surface area contributed by atoms with Gasteiger partial charge in [-0.05, 0) is 42.5 Å². The Hall–Kier alpha value is -2.33. The molecule has 22 heavy (non-hydrogen) atoms. The zero-order valence-corrected chi connectivity index (χ0v) is 12.5. The lowest BCUT2D eigenvalue weighted by atomic mass is 10.1. The van der Waals surface area contributed by atoms with Crippen LogP contribution in [-0.4, -0.2) is 23.6 Å². The van der Waals surface area contributed by atoms with Gasteiger partial charge in [-0.2, -0.15) is 0 Å². The first-order chi connectivity index (χ1) is 10.6. The van der Waals surface area contributed by atoms with Crippen molar-refractivity contribution >= 4 is 5.91 Å². The van der Waals surface area contributed by atoms with Crippen molar-refractivity contribution in [1.82, 2.24) is 5.32 Å². The molecule has 2 aromatic rings. The fourth-order valence-electron chi connectivity index (χ4n) is 2.26. The standard InChI is InChI=1S/C18H22N2O2/c19-17(13-15-8-10-16(21)11-9-15)18(22)20-12-4-7-14-5-2-1-3-6-14/h1-3,5-6,8-11,17,21H,4,7,12-13,19H2,(H,20,22)/t17-/m0/s1. The maximum Gasteiger partial charge on any atom is 0.237 e. The molecular weight excluding hydrogens is 276 g/mol. The van der Waals surface area contributed by atoms with Crippen molar-refractivity contribution in [3.8, 4) is 5.75 Å². The SMILES string of the molecule is N[C@@H](Cc1ccc(O)cc1)C(=O)NCCCc1ccccc1. The number of phenolic OH excluding ortho intramolecular Hbond substituents is 1. The predicted molar refractivity (Wildman–Crippen MR) is 87.6 cm³/mol. The van der Waals surface area contributed by atoms with E-state index in [1.165, 1.54) is 5.56 Å². The van der Waals surface area contributed by atoms with Crippen molar-refractivity contribution in [2.24, 2.45) is 5.73 Å². The largest absolute Gasteiger partial charge is 0.508 e. The summed E-state index contributed by atoms with van der Waals surface area (Å²) >= 11 is 0. The molecule has 0 fully saturated rings. The molecule has 0 spiro atoms. The van der Waals surface area contributed by atoms with Crippen molar-refractivity contribution in [3.05, 3.63) is 65.7 Å². The average Bonchev–Trinajstić information content (AvgIpc) is 2.54. The Labute approximate surface area is 131 Å². The summed E-state index contributed by atoms with van der Waals surface area (Å²) < 4.78 is 0. The van der Waals surface area contributed by atoms with Gasteiger partial charge < -0.3 is 16.2 Å². The molecule has 4 heteroatoms. The summed E-state index contributed by atoms with van der Waals surface area (Å²) in [5.74, 6) is 0.0730. The van der Waals surface area contributed by atoms with Crippen LogP contribution in [0.1, 0.15) is 17.5 Å². The lowest BCUT2D eigenvalue weighted by Gasteiger charge is -2.12. The number of benzene rings is 2. The third kappa shape index (κ3) is 5.22. The summed E-state index contributed by atoms with van der Waals surface area (Å²) in [5, 5.41) is 12.1. The van der Waals surface area contributed by atoms with E-state index in [4.69, 9.17) is 5.73 Å². The summed E-state index contributed by atoms with van der Waals surface area (Å²) in [6, 6.07) is 16.4. The van der Waals surface area contributed by atoms with E-state index in [0.29, 0.717) is 13.0 Å². The van der Waals surface area contributed by atoms with Gasteiger partial charge in [-0.15, -0.1) is 0 Å². The molecule has 0 unspecified atom stereocenters. The van der Waals surface area contributed by atoms with Crippen LogP contribution in [0.4, 0.5) is 0 Å². The van der Waals surface area contributed by atoms with Crippen LogP contribution in [0.15, 0.2) is 54.6 Å². The number of nitrogens with one attached hydrogen (secondary N) is 1. The molecule has 2 aromatic carbocycles. The maximum atomic E-state index is 11.9. The van der Waals surface area contributed by atoms with Gasteiger partial charge >= 0.3 is 0 Å². The lowest BCUT2D eigenvalue weighted by Crippen LogP contribution is -2.42.